The second kappa shape index (κ2) is 2.87. The highest BCUT2D eigenvalue weighted by Gasteiger charge is 2.30. The molecule has 0 saturated heterocycles. The standard InChI is InChI=1S/C9H13N3O/c1-6(2)9-5-7(11-13)8-3-4-10-12(8)9/h3-4,6,9,13H,5H2,1-2H3/b11-7-. The van der Waals surface area contributed by atoms with Gasteiger partial charge in [-0.1, -0.05) is 19.0 Å². The molecule has 0 spiro atoms. The molecule has 0 bridgehead atoms. The van der Waals surface area contributed by atoms with Crippen LogP contribution in [0, 0.1) is 5.92 Å². The minimum absolute atomic E-state index is 0.343. The van der Waals surface area contributed by atoms with E-state index in [-0.39, 0.29) is 0 Å². The highest BCUT2D eigenvalue weighted by molar-refractivity contribution is 6.00. The topological polar surface area (TPSA) is 50.4 Å². The van der Waals surface area contributed by atoms with Crippen molar-refractivity contribution >= 4 is 5.71 Å². The van der Waals surface area contributed by atoms with Gasteiger partial charge in [0.25, 0.3) is 0 Å². The molecule has 1 aromatic rings. The number of nitrogens with zero attached hydrogens (tertiary/aromatic N) is 3. The van der Waals surface area contributed by atoms with E-state index in [2.05, 4.69) is 24.1 Å². The van der Waals surface area contributed by atoms with Crippen LogP contribution in [0.2, 0.25) is 0 Å². The Kier molecular flexibility index (Phi) is 1.83. The molecular formula is C9H13N3O. The van der Waals surface area contributed by atoms with Gasteiger partial charge in [0.1, 0.15) is 5.71 Å². The van der Waals surface area contributed by atoms with E-state index in [9.17, 15) is 0 Å². The predicted octanol–water partition coefficient (Wildman–Crippen LogP) is 1.66. The van der Waals surface area contributed by atoms with Gasteiger partial charge < -0.3 is 5.21 Å². The summed E-state index contributed by atoms with van der Waals surface area (Å²) < 4.78 is 1.94. The summed E-state index contributed by atoms with van der Waals surface area (Å²) in [7, 11) is 0. The Balaban J connectivity index is 2.43. The molecule has 70 valence electrons. The Morgan fingerprint density at radius 1 is 1.69 bits per heavy atom. The zero-order chi connectivity index (χ0) is 9.42. The molecule has 1 N–H and O–H groups in total. The fourth-order valence-electron chi connectivity index (χ4n) is 1.81. The first-order valence-corrected chi connectivity index (χ1v) is 4.49. The van der Waals surface area contributed by atoms with Crippen LogP contribution in [0.25, 0.3) is 0 Å². The molecule has 1 unspecified atom stereocenters. The monoisotopic (exact) mass is 179 g/mol. The molecule has 0 aromatic carbocycles. The SMILES string of the molecule is CC(C)C1C/C(=N/O)c2ccnn21. The van der Waals surface area contributed by atoms with Gasteiger partial charge in [0, 0.05) is 12.6 Å². The van der Waals surface area contributed by atoms with Crippen molar-refractivity contribution in [3.63, 3.8) is 0 Å². The number of oxime groups is 1. The molecule has 2 heterocycles. The maximum absolute atomic E-state index is 8.78. The van der Waals surface area contributed by atoms with Crippen LogP contribution >= 0.6 is 0 Å². The van der Waals surface area contributed by atoms with Gasteiger partial charge in [-0.2, -0.15) is 5.10 Å². The number of aromatic nitrogens is 2. The van der Waals surface area contributed by atoms with Crippen molar-refractivity contribution in [3.8, 4) is 0 Å². The molecule has 0 amide bonds. The third-order valence-electron chi connectivity index (χ3n) is 2.57. The van der Waals surface area contributed by atoms with E-state index in [0.29, 0.717) is 12.0 Å². The Bertz CT molecular complexity index is 340. The van der Waals surface area contributed by atoms with Gasteiger partial charge in [-0.3, -0.25) is 4.68 Å². The molecule has 13 heavy (non-hydrogen) atoms. The maximum Gasteiger partial charge on any atom is 0.107 e. The molecule has 4 nitrogen and oxygen atoms in total. The van der Waals surface area contributed by atoms with Crippen LogP contribution in [0.1, 0.15) is 32.0 Å². The molecule has 1 aliphatic heterocycles. The smallest absolute Gasteiger partial charge is 0.107 e. The summed E-state index contributed by atoms with van der Waals surface area (Å²) in [5, 5.41) is 16.3. The lowest BCUT2D eigenvalue weighted by molar-refractivity contribution is 0.316. The average molecular weight is 179 g/mol. The lowest BCUT2D eigenvalue weighted by atomic mass is 10.0. The first kappa shape index (κ1) is 8.29. The molecule has 0 radical (unpaired) electrons. The summed E-state index contributed by atoms with van der Waals surface area (Å²) in [6.07, 6.45) is 2.53. The summed E-state index contributed by atoms with van der Waals surface area (Å²) >= 11 is 0. The van der Waals surface area contributed by atoms with Crippen LogP contribution in [0.3, 0.4) is 0 Å². The number of rotatable bonds is 1. The van der Waals surface area contributed by atoms with Crippen molar-refractivity contribution in [3.05, 3.63) is 18.0 Å². The van der Waals surface area contributed by atoms with Gasteiger partial charge in [-0.15, -0.1) is 0 Å². The summed E-state index contributed by atoms with van der Waals surface area (Å²) in [6.45, 7) is 4.30. The zero-order valence-corrected chi connectivity index (χ0v) is 7.81. The van der Waals surface area contributed by atoms with Crippen LogP contribution in [0.15, 0.2) is 17.4 Å². The minimum Gasteiger partial charge on any atom is -0.411 e. The van der Waals surface area contributed by atoms with E-state index >= 15 is 0 Å². The first-order chi connectivity index (χ1) is 6.24. The third kappa shape index (κ3) is 1.13. The molecule has 4 heteroatoms. The summed E-state index contributed by atoms with van der Waals surface area (Å²) in [5.74, 6) is 0.512. The molecule has 0 fully saturated rings. The average Bonchev–Trinajstić information content (AvgIpc) is 2.61. The van der Waals surface area contributed by atoms with Crippen LogP contribution in [0.4, 0.5) is 0 Å². The van der Waals surface area contributed by atoms with Crippen molar-refractivity contribution in [2.24, 2.45) is 11.1 Å². The van der Waals surface area contributed by atoms with Crippen LogP contribution in [-0.4, -0.2) is 20.7 Å². The van der Waals surface area contributed by atoms with Crippen molar-refractivity contribution < 1.29 is 5.21 Å². The van der Waals surface area contributed by atoms with Gasteiger partial charge >= 0.3 is 0 Å². The van der Waals surface area contributed by atoms with Gasteiger partial charge in [-0.05, 0) is 12.0 Å². The molecule has 1 aliphatic rings. The fraction of sp³-hybridized carbons (Fsp3) is 0.556. The minimum atomic E-state index is 0.343. The highest BCUT2D eigenvalue weighted by Crippen LogP contribution is 2.30. The van der Waals surface area contributed by atoms with Crippen molar-refractivity contribution in [2.75, 3.05) is 0 Å². The number of hydrogen-bond donors (Lipinski definition) is 1. The lowest BCUT2D eigenvalue weighted by Crippen LogP contribution is -2.11. The lowest BCUT2D eigenvalue weighted by Gasteiger charge is -2.14. The quantitative estimate of drug-likeness (QED) is 0.526. The van der Waals surface area contributed by atoms with E-state index < -0.39 is 0 Å². The molecule has 0 saturated carbocycles. The molecule has 1 aromatic heterocycles. The van der Waals surface area contributed by atoms with Gasteiger partial charge in [0.15, 0.2) is 0 Å². The largest absolute Gasteiger partial charge is 0.411 e. The Morgan fingerprint density at radius 3 is 3.08 bits per heavy atom. The number of hydrogen-bond acceptors (Lipinski definition) is 3. The summed E-state index contributed by atoms with van der Waals surface area (Å²) in [6, 6.07) is 2.23. The maximum atomic E-state index is 8.78. The van der Waals surface area contributed by atoms with Gasteiger partial charge in [0.05, 0.1) is 11.7 Å². The summed E-state index contributed by atoms with van der Waals surface area (Å²) in [5.41, 5.74) is 1.69. The van der Waals surface area contributed by atoms with E-state index in [1.807, 2.05) is 10.7 Å². The number of fused-ring (bicyclic) bond motifs is 1. The van der Waals surface area contributed by atoms with E-state index in [4.69, 9.17) is 5.21 Å². The molecule has 0 aliphatic carbocycles. The molecular weight excluding hydrogens is 166 g/mol. The highest BCUT2D eigenvalue weighted by atomic mass is 16.4. The van der Waals surface area contributed by atoms with Crippen molar-refractivity contribution in [1.29, 1.82) is 0 Å². The third-order valence-corrected chi connectivity index (χ3v) is 2.57. The Labute approximate surface area is 76.9 Å². The Morgan fingerprint density at radius 2 is 2.46 bits per heavy atom. The van der Waals surface area contributed by atoms with E-state index in [1.54, 1.807) is 6.20 Å². The van der Waals surface area contributed by atoms with Gasteiger partial charge in [0.2, 0.25) is 0 Å². The van der Waals surface area contributed by atoms with Crippen LogP contribution < -0.4 is 0 Å². The van der Waals surface area contributed by atoms with Crippen molar-refractivity contribution in [2.45, 2.75) is 26.3 Å². The predicted molar refractivity (Wildman–Crippen MR) is 49.0 cm³/mol. The normalized spacial score (nSPS) is 24.2. The van der Waals surface area contributed by atoms with Crippen LogP contribution in [0.5, 0.6) is 0 Å². The van der Waals surface area contributed by atoms with Gasteiger partial charge in [-0.25, -0.2) is 0 Å². The summed E-state index contributed by atoms with van der Waals surface area (Å²) in [4.78, 5) is 0. The van der Waals surface area contributed by atoms with Crippen LogP contribution in [-0.2, 0) is 0 Å². The van der Waals surface area contributed by atoms with E-state index in [0.717, 1.165) is 17.8 Å². The molecule has 1 atom stereocenters. The first-order valence-electron chi connectivity index (χ1n) is 4.49. The Hall–Kier alpha value is -1.32. The second-order valence-corrected chi connectivity index (χ2v) is 3.72. The van der Waals surface area contributed by atoms with Crippen molar-refractivity contribution in [1.82, 2.24) is 9.78 Å². The second-order valence-electron chi connectivity index (χ2n) is 3.72. The van der Waals surface area contributed by atoms with E-state index in [1.165, 1.54) is 0 Å². The zero-order valence-electron chi connectivity index (χ0n) is 7.81. The molecule has 2 rings (SSSR count). The fourth-order valence-corrected chi connectivity index (χ4v) is 1.81.